The lowest BCUT2D eigenvalue weighted by Crippen LogP contribution is -2.41. The average molecular weight is 347 g/mol. The maximum Gasteiger partial charge on any atom is 0.261 e. The molecule has 0 aliphatic carbocycles. The Morgan fingerprint density at radius 3 is 2.89 bits per heavy atom. The number of nitrogens with zero attached hydrogens (tertiary/aromatic N) is 1. The quantitative estimate of drug-likeness (QED) is 0.887. The third-order valence-electron chi connectivity index (χ3n) is 3.12. The molecule has 1 aliphatic heterocycles. The van der Waals surface area contributed by atoms with Gasteiger partial charge in [-0.05, 0) is 28.4 Å². The van der Waals surface area contributed by atoms with Crippen LogP contribution in [0.4, 0.5) is 0 Å². The van der Waals surface area contributed by atoms with Crippen LogP contribution in [-0.4, -0.2) is 50.2 Å². The number of amides is 1. The first-order chi connectivity index (χ1) is 9.20. The van der Waals surface area contributed by atoms with E-state index in [2.05, 4.69) is 33.1 Å². The monoisotopic (exact) mass is 346 g/mol. The van der Waals surface area contributed by atoms with E-state index in [1.165, 1.54) is 4.88 Å². The number of thiophene rings is 1. The molecule has 0 radical (unpaired) electrons. The maximum absolute atomic E-state index is 12.0. The van der Waals surface area contributed by atoms with Crippen molar-refractivity contribution < 1.29 is 9.53 Å². The van der Waals surface area contributed by atoms with Crippen LogP contribution in [0.2, 0.25) is 0 Å². The number of hydrogen-bond acceptors (Lipinski definition) is 4. The predicted molar refractivity (Wildman–Crippen MR) is 81.0 cm³/mol. The zero-order valence-electron chi connectivity index (χ0n) is 11.1. The highest BCUT2D eigenvalue weighted by Gasteiger charge is 2.13. The number of hydrogen-bond donors (Lipinski definition) is 1. The summed E-state index contributed by atoms with van der Waals surface area (Å²) in [4.78, 5) is 16.3. The molecule has 1 aromatic heterocycles. The molecule has 0 unspecified atom stereocenters. The molecule has 0 bridgehead atoms. The minimum atomic E-state index is 0.0265. The number of ether oxygens (including phenoxy) is 1. The second-order valence-electron chi connectivity index (χ2n) is 4.45. The molecule has 2 rings (SSSR count). The van der Waals surface area contributed by atoms with Gasteiger partial charge in [0.15, 0.2) is 0 Å². The van der Waals surface area contributed by atoms with Gasteiger partial charge in [0.25, 0.3) is 5.91 Å². The molecule has 1 aromatic rings. The van der Waals surface area contributed by atoms with Crippen LogP contribution >= 0.6 is 27.3 Å². The molecular formula is C13H19BrN2O2S. The van der Waals surface area contributed by atoms with E-state index in [-0.39, 0.29) is 5.91 Å². The fourth-order valence-corrected chi connectivity index (χ4v) is 3.81. The van der Waals surface area contributed by atoms with Gasteiger partial charge in [0.2, 0.25) is 0 Å². The van der Waals surface area contributed by atoms with Gasteiger partial charge < -0.3 is 10.1 Å². The molecule has 1 fully saturated rings. The number of rotatable bonds is 5. The largest absolute Gasteiger partial charge is 0.379 e. The number of nitrogens with one attached hydrogen (secondary N) is 1. The third kappa shape index (κ3) is 4.27. The van der Waals surface area contributed by atoms with Gasteiger partial charge in [-0.2, -0.15) is 0 Å². The molecule has 4 nitrogen and oxygen atoms in total. The van der Waals surface area contributed by atoms with E-state index in [0.29, 0.717) is 6.54 Å². The molecule has 0 atom stereocenters. The first kappa shape index (κ1) is 15.0. The number of halogens is 1. The minimum Gasteiger partial charge on any atom is -0.379 e. The number of carbonyl (C=O) groups excluding carboxylic acids is 1. The standard InChI is InChI=1S/C13H19BrN2O2S/c1-2-11-10(14)9-12(19-11)13(17)15-3-4-16-5-7-18-8-6-16/h9H,2-8H2,1H3,(H,15,17). The highest BCUT2D eigenvalue weighted by Crippen LogP contribution is 2.27. The van der Waals surface area contributed by atoms with E-state index in [0.717, 1.165) is 48.6 Å². The van der Waals surface area contributed by atoms with Crippen molar-refractivity contribution in [2.24, 2.45) is 0 Å². The van der Waals surface area contributed by atoms with Gasteiger partial charge >= 0.3 is 0 Å². The van der Waals surface area contributed by atoms with Gasteiger partial charge in [0, 0.05) is 35.5 Å². The molecule has 1 amide bonds. The maximum atomic E-state index is 12.0. The summed E-state index contributed by atoms with van der Waals surface area (Å²) in [6.45, 7) is 7.19. The van der Waals surface area contributed by atoms with Gasteiger partial charge in [0.05, 0.1) is 18.1 Å². The Labute approximate surface area is 126 Å². The van der Waals surface area contributed by atoms with Crippen molar-refractivity contribution in [1.82, 2.24) is 10.2 Å². The highest BCUT2D eigenvalue weighted by molar-refractivity contribution is 9.10. The van der Waals surface area contributed by atoms with E-state index in [9.17, 15) is 4.79 Å². The van der Waals surface area contributed by atoms with Crippen molar-refractivity contribution in [1.29, 1.82) is 0 Å². The second kappa shape index (κ2) is 7.38. The summed E-state index contributed by atoms with van der Waals surface area (Å²) in [6, 6.07) is 1.91. The Hall–Kier alpha value is -0.430. The molecule has 19 heavy (non-hydrogen) atoms. The van der Waals surface area contributed by atoms with Crippen LogP contribution in [0, 0.1) is 0 Å². The van der Waals surface area contributed by atoms with Crippen molar-refractivity contribution in [2.45, 2.75) is 13.3 Å². The summed E-state index contributed by atoms with van der Waals surface area (Å²) < 4.78 is 6.33. The van der Waals surface area contributed by atoms with Crippen LogP contribution in [0.25, 0.3) is 0 Å². The van der Waals surface area contributed by atoms with E-state index in [1.807, 2.05) is 6.07 Å². The van der Waals surface area contributed by atoms with Gasteiger partial charge in [-0.15, -0.1) is 11.3 Å². The minimum absolute atomic E-state index is 0.0265. The van der Waals surface area contributed by atoms with Crippen LogP contribution in [0.3, 0.4) is 0 Å². The average Bonchev–Trinajstić information content (AvgIpc) is 2.81. The van der Waals surface area contributed by atoms with Crippen molar-refractivity contribution in [3.8, 4) is 0 Å². The molecule has 2 heterocycles. The van der Waals surface area contributed by atoms with Crippen LogP contribution in [-0.2, 0) is 11.2 Å². The van der Waals surface area contributed by atoms with E-state index < -0.39 is 0 Å². The van der Waals surface area contributed by atoms with Gasteiger partial charge in [-0.3, -0.25) is 9.69 Å². The predicted octanol–water partition coefficient (Wildman–Crippen LogP) is 2.13. The number of carbonyl (C=O) groups is 1. The molecule has 0 aromatic carbocycles. The molecule has 1 aliphatic rings. The SMILES string of the molecule is CCc1sc(C(=O)NCCN2CCOCC2)cc1Br. The molecule has 1 N–H and O–H groups in total. The molecular weight excluding hydrogens is 328 g/mol. The first-order valence-corrected chi connectivity index (χ1v) is 8.18. The van der Waals surface area contributed by atoms with Crippen LogP contribution in [0.5, 0.6) is 0 Å². The van der Waals surface area contributed by atoms with Crippen LogP contribution < -0.4 is 5.32 Å². The second-order valence-corrected chi connectivity index (χ2v) is 6.44. The fourth-order valence-electron chi connectivity index (χ4n) is 2.00. The first-order valence-electron chi connectivity index (χ1n) is 6.57. The zero-order chi connectivity index (χ0) is 13.7. The van der Waals surface area contributed by atoms with E-state index in [4.69, 9.17) is 4.74 Å². The Bertz CT molecular complexity index is 430. The Kier molecular flexibility index (Phi) is 5.81. The lowest BCUT2D eigenvalue weighted by atomic mass is 10.3. The Morgan fingerprint density at radius 1 is 1.53 bits per heavy atom. The number of morpholine rings is 1. The highest BCUT2D eigenvalue weighted by atomic mass is 79.9. The van der Waals surface area contributed by atoms with Crippen molar-refractivity contribution in [3.05, 3.63) is 20.3 Å². The van der Waals surface area contributed by atoms with Gasteiger partial charge in [0.1, 0.15) is 0 Å². The topological polar surface area (TPSA) is 41.6 Å². The Morgan fingerprint density at radius 2 is 2.26 bits per heavy atom. The van der Waals surface area contributed by atoms with Crippen molar-refractivity contribution in [2.75, 3.05) is 39.4 Å². The van der Waals surface area contributed by atoms with E-state index >= 15 is 0 Å². The van der Waals surface area contributed by atoms with Crippen molar-refractivity contribution >= 4 is 33.2 Å². The van der Waals surface area contributed by atoms with Crippen LogP contribution in [0.15, 0.2) is 10.5 Å². The summed E-state index contributed by atoms with van der Waals surface area (Å²) in [5, 5.41) is 2.98. The van der Waals surface area contributed by atoms with E-state index in [1.54, 1.807) is 11.3 Å². The smallest absolute Gasteiger partial charge is 0.261 e. The van der Waals surface area contributed by atoms with Crippen molar-refractivity contribution in [3.63, 3.8) is 0 Å². The summed E-state index contributed by atoms with van der Waals surface area (Å²) in [7, 11) is 0. The summed E-state index contributed by atoms with van der Waals surface area (Å²) in [5.74, 6) is 0.0265. The number of aryl methyl sites for hydroxylation is 1. The fraction of sp³-hybridized carbons (Fsp3) is 0.615. The van der Waals surface area contributed by atoms with Gasteiger partial charge in [-0.25, -0.2) is 0 Å². The normalized spacial score (nSPS) is 16.5. The third-order valence-corrected chi connectivity index (χ3v) is 5.37. The molecule has 0 saturated carbocycles. The summed E-state index contributed by atoms with van der Waals surface area (Å²) in [5.41, 5.74) is 0. The molecule has 6 heteroatoms. The lowest BCUT2D eigenvalue weighted by molar-refractivity contribution is 0.0383. The molecule has 106 valence electrons. The molecule has 1 saturated heterocycles. The lowest BCUT2D eigenvalue weighted by Gasteiger charge is -2.26. The molecule has 0 spiro atoms. The van der Waals surface area contributed by atoms with Gasteiger partial charge in [-0.1, -0.05) is 6.92 Å². The Balaban J connectivity index is 1.77. The van der Waals surface area contributed by atoms with Crippen LogP contribution in [0.1, 0.15) is 21.5 Å². The zero-order valence-corrected chi connectivity index (χ0v) is 13.5. The summed E-state index contributed by atoms with van der Waals surface area (Å²) >= 11 is 5.05. The summed E-state index contributed by atoms with van der Waals surface area (Å²) in [6.07, 6.45) is 0.951.